The highest BCUT2D eigenvalue weighted by molar-refractivity contribution is 14.0. The van der Waals surface area contributed by atoms with Crippen LogP contribution < -0.4 is 5.32 Å². The Morgan fingerprint density at radius 1 is 1.22 bits per heavy atom. The molecule has 2 rings (SSSR count). The van der Waals surface area contributed by atoms with Crippen molar-refractivity contribution in [2.75, 3.05) is 40.8 Å². The van der Waals surface area contributed by atoms with E-state index in [0.717, 1.165) is 18.4 Å². The summed E-state index contributed by atoms with van der Waals surface area (Å²) >= 11 is 0. The predicted octanol–water partition coefficient (Wildman–Crippen LogP) is 3.42. The third-order valence-corrected chi connectivity index (χ3v) is 5.58. The van der Waals surface area contributed by atoms with Crippen LogP contribution in [0.1, 0.15) is 52.4 Å². The van der Waals surface area contributed by atoms with E-state index < -0.39 is 0 Å². The molecule has 0 aromatic heterocycles. The zero-order valence-electron chi connectivity index (χ0n) is 15.8. The normalized spacial score (nSPS) is 22.0. The third-order valence-electron chi connectivity index (χ3n) is 5.58. The smallest absolute Gasteiger partial charge is 0.193 e. The van der Waals surface area contributed by atoms with Gasteiger partial charge >= 0.3 is 0 Å². The summed E-state index contributed by atoms with van der Waals surface area (Å²) in [5.74, 6) is 1.84. The molecule has 1 unspecified atom stereocenters. The molecular formula is C18H37IN4. The van der Waals surface area contributed by atoms with Crippen LogP contribution in [0.4, 0.5) is 0 Å². The SMILES string of the molecule is CN=C(NCC(CC(C)C)N(C)C)N1CCC2(CCCC2)C1.I. The molecular weight excluding hydrogens is 399 g/mol. The molecule has 1 saturated heterocycles. The molecule has 1 N–H and O–H groups in total. The number of aliphatic imine (C=N–C) groups is 1. The van der Waals surface area contributed by atoms with Crippen LogP contribution in [0.15, 0.2) is 4.99 Å². The molecule has 1 saturated carbocycles. The van der Waals surface area contributed by atoms with Crippen molar-refractivity contribution in [2.45, 2.75) is 58.4 Å². The lowest BCUT2D eigenvalue weighted by Gasteiger charge is -2.30. The van der Waals surface area contributed by atoms with Crippen LogP contribution in [0.3, 0.4) is 0 Å². The van der Waals surface area contributed by atoms with Crippen LogP contribution >= 0.6 is 24.0 Å². The Balaban J connectivity index is 0.00000264. The maximum absolute atomic E-state index is 4.55. The summed E-state index contributed by atoms with van der Waals surface area (Å²) in [6, 6.07) is 0.569. The summed E-state index contributed by atoms with van der Waals surface area (Å²) in [6.45, 7) is 7.98. The molecule has 0 aromatic carbocycles. The minimum absolute atomic E-state index is 0. The number of hydrogen-bond donors (Lipinski definition) is 1. The fraction of sp³-hybridized carbons (Fsp3) is 0.944. The molecule has 1 spiro atoms. The fourth-order valence-corrected chi connectivity index (χ4v) is 4.21. The second-order valence-electron chi connectivity index (χ2n) is 8.05. The lowest BCUT2D eigenvalue weighted by molar-refractivity contribution is 0.251. The number of hydrogen-bond acceptors (Lipinski definition) is 2. The number of halogens is 1. The van der Waals surface area contributed by atoms with Crippen molar-refractivity contribution in [2.24, 2.45) is 16.3 Å². The first-order valence-electron chi connectivity index (χ1n) is 9.08. The maximum atomic E-state index is 4.55. The highest BCUT2D eigenvalue weighted by Crippen LogP contribution is 2.45. The Bertz CT molecular complexity index is 375. The van der Waals surface area contributed by atoms with Gasteiger partial charge in [0, 0.05) is 32.7 Å². The third kappa shape index (κ3) is 5.76. The number of rotatable bonds is 5. The van der Waals surface area contributed by atoms with Crippen molar-refractivity contribution in [3.05, 3.63) is 0 Å². The van der Waals surface area contributed by atoms with Crippen molar-refractivity contribution >= 4 is 29.9 Å². The Kier molecular flexibility index (Phi) is 8.63. The lowest BCUT2D eigenvalue weighted by atomic mass is 9.86. The van der Waals surface area contributed by atoms with Crippen LogP contribution in [0.5, 0.6) is 0 Å². The van der Waals surface area contributed by atoms with Crippen molar-refractivity contribution in [1.82, 2.24) is 15.1 Å². The number of nitrogens with zero attached hydrogens (tertiary/aromatic N) is 3. The minimum Gasteiger partial charge on any atom is -0.355 e. The zero-order chi connectivity index (χ0) is 16.2. The maximum Gasteiger partial charge on any atom is 0.193 e. The van der Waals surface area contributed by atoms with Crippen molar-refractivity contribution < 1.29 is 0 Å². The average molecular weight is 436 g/mol. The summed E-state index contributed by atoms with van der Waals surface area (Å²) in [5.41, 5.74) is 0.608. The van der Waals surface area contributed by atoms with Gasteiger partial charge in [-0.25, -0.2) is 0 Å². The number of likely N-dealkylation sites (N-methyl/N-ethyl adjacent to an activating group) is 1. The summed E-state index contributed by atoms with van der Waals surface area (Å²) < 4.78 is 0. The van der Waals surface area contributed by atoms with Gasteiger partial charge in [0.15, 0.2) is 5.96 Å². The molecule has 136 valence electrons. The first-order chi connectivity index (χ1) is 10.5. The van der Waals surface area contributed by atoms with E-state index in [2.05, 4.69) is 48.1 Å². The van der Waals surface area contributed by atoms with E-state index in [1.165, 1.54) is 51.6 Å². The van der Waals surface area contributed by atoms with Gasteiger partial charge in [0.05, 0.1) is 0 Å². The average Bonchev–Trinajstić information content (AvgIpc) is 3.09. The van der Waals surface area contributed by atoms with Crippen LogP contribution in [0, 0.1) is 11.3 Å². The summed E-state index contributed by atoms with van der Waals surface area (Å²) in [5, 5.41) is 3.64. The summed E-state index contributed by atoms with van der Waals surface area (Å²) in [7, 11) is 6.29. The molecule has 2 aliphatic rings. The minimum atomic E-state index is 0. The van der Waals surface area contributed by atoms with E-state index in [9.17, 15) is 0 Å². The molecule has 1 aliphatic heterocycles. The Hall–Kier alpha value is -0.0400. The molecule has 0 amide bonds. The summed E-state index contributed by atoms with van der Waals surface area (Å²) in [4.78, 5) is 9.38. The van der Waals surface area contributed by atoms with Gasteiger partial charge < -0.3 is 15.1 Å². The standard InChI is InChI=1S/C18H36N4.HI/c1-15(2)12-16(21(4)5)13-20-17(19-3)22-11-10-18(14-22)8-6-7-9-18;/h15-16H,6-14H2,1-5H3,(H,19,20);1H. The molecule has 4 nitrogen and oxygen atoms in total. The number of nitrogens with one attached hydrogen (secondary N) is 1. The van der Waals surface area contributed by atoms with Crippen LogP contribution in [0.25, 0.3) is 0 Å². The number of likely N-dealkylation sites (tertiary alicyclic amines) is 1. The van der Waals surface area contributed by atoms with E-state index in [-0.39, 0.29) is 24.0 Å². The topological polar surface area (TPSA) is 30.9 Å². The van der Waals surface area contributed by atoms with Gasteiger partial charge in [-0.2, -0.15) is 0 Å². The molecule has 0 aromatic rings. The van der Waals surface area contributed by atoms with Crippen LogP contribution in [-0.2, 0) is 0 Å². The Labute approximate surface area is 160 Å². The second kappa shape index (κ2) is 9.44. The van der Waals surface area contributed by atoms with Gasteiger partial charge in [0.1, 0.15) is 0 Å². The molecule has 0 radical (unpaired) electrons. The molecule has 5 heteroatoms. The van der Waals surface area contributed by atoms with E-state index >= 15 is 0 Å². The second-order valence-corrected chi connectivity index (χ2v) is 8.05. The lowest BCUT2D eigenvalue weighted by Crippen LogP contribution is -2.47. The molecule has 2 fully saturated rings. The quantitative estimate of drug-likeness (QED) is 0.407. The van der Waals surface area contributed by atoms with Gasteiger partial charge in [-0.1, -0.05) is 26.7 Å². The highest BCUT2D eigenvalue weighted by Gasteiger charge is 2.41. The highest BCUT2D eigenvalue weighted by atomic mass is 127. The van der Waals surface area contributed by atoms with Gasteiger partial charge in [-0.3, -0.25) is 4.99 Å². The molecule has 23 heavy (non-hydrogen) atoms. The molecule has 0 bridgehead atoms. The molecule has 1 heterocycles. The largest absolute Gasteiger partial charge is 0.355 e. The van der Waals surface area contributed by atoms with Crippen molar-refractivity contribution in [3.63, 3.8) is 0 Å². The van der Waals surface area contributed by atoms with Crippen LogP contribution in [0.2, 0.25) is 0 Å². The first kappa shape index (κ1) is 21.0. The first-order valence-corrected chi connectivity index (χ1v) is 9.08. The Morgan fingerprint density at radius 3 is 2.39 bits per heavy atom. The van der Waals surface area contributed by atoms with Crippen molar-refractivity contribution in [3.8, 4) is 0 Å². The van der Waals surface area contributed by atoms with Gasteiger partial charge in [-0.05, 0) is 51.1 Å². The predicted molar refractivity (Wildman–Crippen MR) is 111 cm³/mol. The van der Waals surface area contributed by atoms with E-state index in [4.69, 9.17) is 0 Å². The Morgan fingerprint density at radius 2 is 1.87 bits per heavy atom. The van der Waals surface area contributed by atoms with E-state index in [1.54, 1.807) is 0 Å². The molecule has 1 aliphatic carbocycles. The fourth-order valence-electron chi connectivity index (χ4n) is 4.21. The number of guanidine groups is 1. The van der Waals surface area contributed by atoms with E-state index in [1.807, 2.05) is 7.05 Å². The van der Waals surface area contributed by atoms with E-state index in [0.29, 0.717) is 11.5 Å². The summed E-state index contributed by atoms with van der Waals surface area (Å²) in [6.07, 6.45) is 8.29. The van der Waals surface area contributed by atoms with Crippen molar-refractivity contribution in [1.29, 1.82) is 0 Å². The van der Waals surface area contributed by atoms with Crippen LogP contribution in [-0.4, -0.2) is 62.6 Å². The van der Waals surface area contributed by atoms with Gasteiger partial charge in [-0.15, -0.1) is 24.0 Å². The zero-order valence-corrected chi connectivity index (χ0v) is 18.1. The van der Waals surface area contributed by atoms with Gasteiger partial charge in [0.25, 0.3) is 0 Å². The van der Waals surface area contributed by atoms with Gasteiger partial charge in [0.2, 0.25) is 0 Å². The molecule has 1 atom stereocenters. The monoisotopic (exact) mass is 436 g/mol.